The molecule has 124 valence electrons. The van der Waals surface area contributed by atoms with Crippen LogP contribution in [0.1, 0.15) is 0 Å². The predicted octanol–water partition coefficient (Wildman–Crippen LogP) is 3.92. The summed E-state index contributed by atoms with van der Waals surface area (Å²) in [6.45, 7) is 0. The lowest BCUT2D eigenvalue weighted by Crippen LogP contribution is -1.97. The molecule has 2 aromatic heterocycles. The number of hydrogen-bond donors (Lipinski definition) is 1. The first-order valence-corrected chi connectivity index (χ1v) is 7.64. The van der Waals surface area contributed by atoms with Crippen molar-refractivity contribution in [3.63, 3.8) is 0 Å². The molecule has 6 heteroatoms. The minimum absolute atomic E-state index is 0.0634. The highest BCUT2D eigenvalue weighted by Gasteiger charge is 2.11. The zero-order valence-corrected chi connectivity index (χ0v) is 13.3. The molecule has 0 atom stereocenters. The van der Waals surface area contributed by atoms with E-state index >= 15 is 0 Å². The van der Waals surface area contributed by atoms with Gasteiger partial charge in [0.25, 0.3) is 0 Å². The van der Waals surface area contributed by atoms with Crippen LogP contribution < -0.4 is 4.74 Å². The van der Waals surface area contributed by atoms with Gasteiger partial charge in [0.15, 0.2) is 17.1 Å². The Bertz CT molecular complexity index is 1080. The van der Waals surface area contributed by atoms with Crippen molar-refractivity contribution in [2.24, 2.45) is 0 Å². The van der Waals surface area contributed by atoms with Crippen LogP contribution in [0.3, 0.4) is 0 Å². The van der Waals surface area contributed by atoms with E-state index in [0.717, 1.165) is 11.3 Å². The average molecular weight is 335 g/mol. The van der Waals surface area contributed by atoms with Gasteiger partial charge in [-0.2, -0.15) is 5.10 Å². The van der Waals surface area contributed by atoms with Crippen molar-refractivity contribution in [2.45, 2.75) is 0 Å². The first-order chi connectivity index (χ1) is 12.2. The molecule has 0 bridgehead atoms. The summed E-state index contributed by atoms with van der Waals surface area (Å²) < 4.78 is 20.3. The average Bonchev–Trinajstić information content (AvgIpc) is 3.05. The summed E-state index contributed by atoms with van der Waals surface area (Å²) in [6.07, 6.45) is 1.70. The van der Waals surface area contributed by atoms with E-state index in [0.29, 0.717) is 22.7 Å². The van der Waals surface area contributed by atoms with Crippen molar-refractivity contribution >= 4 is 5.65 Å². The molecule has 1 N–H and O–H groups in total. The number of phenols is 1. The van der Waals surface area contributed by atoms with E-state index in [1.807, 2.05) is 6.07 Å². The molecule has 0 saturated carbocycles. The van der Waals surface area contributed by atoms with Gasteiger partial charge in [0.05, 0.1) is 24.7 Å². The molecule has 2 heterocycles. The quantitative estimate of drug-likeness (QED) is 0.616. The molecule has 0 aliphatic carbocycles. The Morgan fingerprint density at radius 1 is 1.04 bits per heavy atom. The van der Waals surface area contributed by atoms with Crippen molar-refractivity contribution in [2.75, 3.05) is 7.11 Å². The van der Waals surface area contributed by atoms with E-state index in [-0.39, 0.29) is 11.6 Å². The number of methoxy groups -OCH3 is 1. The van der Waals surface area contributed by atoms with Crippen LogP contribution in [0.5, 0.6) is 11.5 Å². The van der Waals surface area contributed by atoms with Gasteiger partial charge in [-0.05, 0) is 42.5 Å². The third-order valence-corrected chi connectivity index (χ3v) is 3.96. The summed E-state index contributed by atoms with van der Waals surface area (Å²) in [5.41, 5.74) is 3.53. The van der Waals surface area contributed by atoms with E-state index in [1.165, 1.54) is 19.2 Å². The molecule has 0 unspecified atom stereocenters. The van der Waals surface area contributed by atoms with Crippen molar-refractivity contribution in [1.29, 1.82) is 0 Å². The van der Waals surface area contributed by atoms with Crippen molar-refractivity contribution in [3.05, 3.63) is 66.6 Å². The largest absolute Gasteiger partial charge is 0.504 e. The lowest BCUT2D eigenvalue weighted by atomic mass is 10.1. The van der Waals surface area contributed by atoms with Gasteiger partial charge in [-0.1, -0.05) is 12.1 Å². The Balaban J connectivity index is 1.87. The summed E-state index contributed by atoms with van der Waals surface area (Å²) in [4.78, 5) is 4.35. The van der Waals surface area contributed by atoms with Gasteiger partial charge >= 0.3 is 0 Å². The van der Waals surface area contributed by atoms with Gasteiger partial charge in [-0.3, -0.25) is 0 Å². The van der Waals surface area contributed by atoms with Crippen LogP contribution in [0.15, 0.2) is 60.8 Å². The number of fused-ring (bicyclic) bond motifs is 1. The fourth-order valence-electron chi connectivity index (χ4n) is 2.71. The van der Waals surface area contributed by atoms with Crippen molar-refractivity contribution < 1.29 is 14.2 Å². The molecule has 0 aliphatic rings. The molecule has 25 heavy (non-hydrogen) atoms. The van der Waals surface area contributed by atoms with Crippen LogP contribution in [0.25, 0.3) is 28.2 Å². The summed E-state index contributed by atoms with van der Waals surface area (Å²) in [7, 11) is 1.49. The first kappa shape index (κ1) is 15.1. The maximum atomic E-state index is 13.5. The molecule has 0 fully saturated rings. The second kappa shape index (κ2) is 5.90. The van der Waals surface area contributed by atoms with Gasteiger partial charge in [0.2, 0.25) is 0 Å². The second-order valence-corrected chi connectivity index (χ2v) is 5.53. The summed E-state index contributed by atoms with van der Waals surface area (Å²) in [5.74, 6) is 0.121. The summed E-state index contributed by atoms with van der Waals surface area (Å²) in [6, 6.07) is 15.0. The molecular weight excluding hydrogens is 321 g/mol. The molecule has 0 spiro atoms. The lowest BCUT2D eigenvalue weighted by Gasteiger charge is -2.07. The second-order valence-electron chi connectivity index (χ2n) is 5.53. The van der Waals surface area contributed by atoms with Gasteiger partial charge < -0.3 is 9.84 Å². The predicted molar refractivity (Wildman–Crippen MR) is 92.0 cm³/mol. The molecule has 0 radical (unpaired) electrons. The minimum atomic E-state index is -0.312. The first-order valence-electron chi connectivity index (χ1n) is 7.64. The number of benzene rings is 2. The number of rotatable bonds is 3. The van der Waals surface area contributed by atoms with Crippen LogP contribution in [-0.2, 0) is 0 Å². The van der Waals surface area contributed by atoms with Crippen LogP contribution >= 0.6 is 0 Å². The van der Waals surface area contributed by atoms with Crippen molar-refractivity contribution in [1.82, 2.24) is 14.6 Å². The number of ether oxygens (including phenoxy) is 1. The monoisotopic (exact) mass is 335 g/mol. The topological polar surface area (TPSA) is 59.7 Å². The third-order valence-electron chi connectivity index (χ3n) is 3.96. The SMILES string of the molecule is COc1cc(-c2cnc3ccc(-c4cccc(F)c4)nn23)ccc1O. The lowest BCUT2D eigenvalue weighted by molar-refractivity contribution is 0.373. The number of imidazole rings is 1. The van der Waals surface area contributed by atoms with E-state index in [4.69, 9.17) is 4.74 Å². The van der Waals surface area contributed by atoms with E-state index in [2.05, 4.69) is 10.1 Å². The normalized spacial score (nSPS) is 11.0. The smallest absolute Gasteiger partial charge is 0.161 e. The number of aromatic nitrogens is 3. The van der Waals surface area contributed by atoms with E-state index in [9.17, 15) is 9.50 Å². The molecule has 4 aromatic rings. The van der Waals surface area contributed by atoms with Gasteiger partial charge in [0.1, 0.15) is 5.82 Å². The fraction of sp³-hybridized carbons (Fsp3) is 0.0526. The van der Waals surface area contributed by atoms with Crippen LogP contribution in [-0.4, -0.2) is 26.8 Å². The Morgan fingerprint density at radius 2 is 1.92 bits per heavy atom. The molecule has 0 saturated heterocycles. The fourth-order valence-corrected chi connectivity index (χ4v) is 2.71. The molecule has 5 nitrogen and oxygen atoms in total. The van der Waals surface area contributed by atoms with E-state index < -0.39 is 0 Å². The van der Waals surface area contributed by atoms with E-state index in [1.54, 1.807) is 47.1 Å². The molecule has 4 rings (SSSR count). The third kappa shape index (κ3) is 2.67. The molecular formula is C19H14FN3O2. The maximum absolute atomic E-state index is 13.5. The maximum Gasteiger partial charge on any atom is 0.161 e. The zero-order chi connectivity index (χ0) is 17.4. The number of nitrogens with zero attached hydrogens (tertiary/aromatic N) is 3. The Morgan fingerprint density at radius 3 is 2.72 bits per heavy atom. The number of aromatic hydroxyl groups is 1. The van der Waals surface area contributed by atoms with Crippen LogP contribution in [0, 0.1) is 5.82 Å². The van der Waals surface area contributed by atoms with Gasteiger partial charge in [-0.15, -0.1) is 0 Å². The number of halogens is 1. The minimum Gasteiger partial charge on any atom is -0.504 e. The Labute approximate surface area is 143 Å². The van der Waals surface area contributed by atoms with Gasteiger partial charge in [0, 0.05) is 11.1 Å². The summed E-state index contributed by atoms with van der Waals surface area (Å²) >= 11 is 0. The zero-order valence-electron chi connectivity index (χ0n) is 13.3. The Kier molecular flexibility index (Phi) is 3.57. The van der Waals surface area contributed by atoms with Crippen molar-refractivity contribution in [3.8, 4) is 34.0 Å². The highest BCUT2D eigenvalue weighted by Crippen LogP contribution is 2.31. The van der Waals surface area contributed by atoms with Crippen LogP contribution in [0.2, 0.25) is 0 Å². The Hall–Kier alpha value is -3.41. The highest BCUT2D eigenvalue weighted by molar-refractivity contribution is 5.68. The number of phenolic OH excluding ortho intramolecular Hbond substituents is 1. The molecule has 0 amide bonds. The molecule has 2 aromatic carbocycles. The molecule has 0 aliphatic heterocycles. The highest BCUT2D eigenvalue weighted by atomic mass is 19.1. The van der Waals surface area contributed by atoms with Crippen LogP contribution in [0.4, 0.5) is 4.39 Å². The standard InChI is InChI=1S/C19H14FN3O2/c1-25-18-10-13(5-7-17(18)24)16-11-21-19-8-6-15(22-23(16)19)12-3-2-4-14(20)9-12/h2-11,24H,1H3. The summed E-state index contributed by atoms with van der Waals surface area (Å²) in [5, 5.41) is 14.4. The number of hydrogen-bond acceptors (Lipinski definition) is 4. The van der Waals surface area contributed by atoms with Gasteiger partial charge in [-0.25, -0.2) is 13.9 Å².